The van der Waals surface area contributed by atoms with Gasteiger partial charge in [0.05, 0.1) is 13.2 Å². The molecule has 6 nitrogen and oxygen atoms in total. The zero-order valence-electron chi connectivity index (χ0n) is 18.4. The standard InChI is InChI=1S/C24H32N4O2.HI/c1-3-25-24(27-17-21-8-5-6-9-22(21)30-4-2)26-16-19-11-13-20(14-12-19)18-28-15-7-10-23(28)29;/h5-6,8-9,11-14H,3-4,7,10,15-18H2,1-2H3,(H2,25,26,27);1H. The van der Waals surface area contributed by atoms with Gasteiger partial charge in [-0.3, -0.25) is 4.79 Å². The van der Waals surface area contributed by atoms with Crippen molar-refractivity contribution in [3.8, 4) is 5.75 Å². The van der Waals surface area contributed by atoms with E-state index in [4.69, 9.17) is 9.73 Å². The summed E-state index contributed by atoms with van der Waals surface area (Å²) in [4.78, 5) is 18.4. The molecular formula is C24H33IN4O2. The molecule has 0 bridgehead atoms. The van der Waals surface area contributed by atoms with Crippen LogP contribution >= 0.6 is 24.0 Å². The van der Waals surface area contributed by atoms with Gasteiger partial charge < -0.3 is 20.3 Å². The maximum Gasteiger partial charge on any atom is 0.222 e. The Balaban J connectivity index is 0.00000341. The molecule has 168 valence electrons. The summed E-state index contributed by atoms with van der Waals surface area (Å²) in [6.45, 7) is 8.29. The van der Waals surface area contributed by atoms with Crippen LogP contribution in [0.25, 0.3) is 0 Å². The SMILES string of the molecule is CCNC(=NCc1ccc(CN2CCCC2=O)cc1)NCc1ccccc1OCC.I. The van der Waals surface area contributed by atoms with Gasteiger partial charge in [-0.2, -0.15) is 0 Å². The summed E-state index contributed by atoms with van der Waals surface area (Å²) in [5.41, 5.74) is 3.40. The first-order valence-electron chi connectivity index (χ1n) is 10.8. The molecule has 31 heavy (non-hydrogen) atoms. The molecule has 7 heteroatoms. The largest absolute Gasteiger partial charge is 0.494 e. The number of amides is 1. The van der Waals surface area contributed by atoms with Crippen molar-refractivity contribution in [3.05, 3.63) is 65.2 Å². The molecule has 0 aliphatic carbocycles. The highest BCUT2D eigenvalue weighted by molar-refractivity contribution is 14.0. The van der Waals surface area contributed by atoms with Gasteiger partial charge in [-0.05, 0) is 37.5 Å². The van der Waals surface area contributed by atoms with E-state index in [0.717, 1.165) is 47.9 Å². The van der Waals surface area contributed by atoms with Gasteiger partial charge in [-0.15, -0.1) is 24.0 Å². The molecule has 0 atom stereocenters. The molecule has 2 aromatic carbocycles. The van der Waals surface area contributed by atoms with Crippen molar-refractivity contribution >= 4 is 35.8 Å². The van der Waals surface area contributed by atoms with Gasteiger partial charge in [0.15, 0.2) is 5.96 Å². The second kappa shape index (κ2) is 13.2. The van der Waals surface area contributed by atoms with Gasteiger partial charge in [-0.1, -0.05) is 42.5 Å². The highest BCUT2D eigenvalue weighted by Gasteiger charge is 2.19. The number of rotatable bonds is 9. The van der Waals surface area contributed by atoms with E-state index >= 15 is 0 Å². The fourth-order valence-electron chi connectivity index (χ4n) is 3.48. The maximum absolute atomic E-state index is 11.8. The van der Waals surface area contributed by atoms with Gasteiger partial charge >= 0.3 is 0 Å². The number of ether oxygens (including phenoxy) is 1. The van der Waals surface area contributed by atoms with E-state index in [1.54, 1.807) is 0 Å². The molecule has 1 amide bonds. The Labute approximate surface area is 202 Å². The van der Waals surface area contributed by atoms with Crippen molar-refractivity contribution in [2.24, 2.45) is 4.99 Å². The van der Waals surface area contributed by atoms with Crippen LogP contribution in [-0.2, 0) is 24.4 Å². The minimum absolute atomic E-state index is 0. The summed E-state index contributed by atoms with van der Waals surface area (Å²) >= 11 is 0. The minimum atomic E-state index is 0. The monoisotopic (exact) mass is 536 g/mol. The van der Waals surface area contributed by atoms with Crippen LogP contribution in [0.3, 0.4) is 0 Å². The molecule has 2 N–H and O–H groups in total. The first-order chi connectivity index (χ1) is 14.7. The van der Waals surface area contributed by atoms with Crippen LogP contribution in [0, 0.1) is 0 Å². The third-order valence-corrected chi connectivity index (χ3v) is 5.05. The van der Waals surface area contributed by atoms with E-state index in [0.29, 0.717) is 32.7 Å². The highest BCUT2D eigenvalue weighted by atomic mass is 127. The van der Waals surface area contributed by atoms with E-state index in [9.17, 15) is 4.79 Å². The number of nitrogens with one attached hydrogen (secondary N) is 2. The summed E-state index contributed by atoms with van der Waals surface area (Å²) < 4.78 is 5.70. The molecule has 0 radical (unpaired) electrons. The number of hydrogen-bond acceptors (Lipinski definition) is 3. The number of benzene rings is 2. The Bertz CT molecular complexity index is 855. The van der Waals surface area contributed by atoms with Crippen LogP contribution in [0.1, 0.15) is 43.4 Å². The van der Waals surface area contributed by atoms with Crippen molar-refractivity contribution < 1.29 is 9.53 Å². The maximum atomic E-state index is 11.8. The number of para-hydroxylation sites is 1. The second-order valence-electron chi connectivity index (χ2n) is 7.32. The predicted octanol–water partition coefficient (Wildman–Crippen LogP) is 4.08. The summed E-state index contributed by atoms with van der Waals surface area (Å²) in [6, 6.07) is 16.4. The average molecular weight is 536 g/mol. The van der Waals surface area contributed by atoms with E-state index in [-0.39, 0.29) is 29.9 Å². The van der Waals surface area contributed by atoms with Crippen molar-refractivity contribution in [3.63, 3.8) is 0 Å². The summed E-state index contributed by atoms with van der Waals surface area (Å²) in [7, 11) is 0. The number of halogens is 1. The smallest absolute Gasteiger partial charge is 0.222 e. The van der Waals surface area contributed by atoms with Crippen LogP contribution in [0.5, 0.6) is 5.75 Å². The number of aliphatic imine (C=N–C) groups is 1. The van der Waals surface area contributed by atoms with Crippen LogP contribution in [0.2, 0.25) is 0 Å². The summed E-state index contributed by atoms with van der Waals surface area (Å²) in [5, 5.41) is 6.68. The van der Waals surface area contributed by atoms with Crippen molar-refractivity contribution in [1.82, 2.24) is 15.5 Å². The van der Waals surface area contributed by atoms with Crippen LogP contribution in [0.15, 0.2) is 53.5 Å². The van der Waals surface area contributed by atoms with E-state index in [1.165, 1.54) is 0 Å². The number of nitrogens with zero attached hydrogens (tertiary/aromatic N) is 2. The molecule has 1 aliphatic heterocycles. The molecule has 0 aromatic heterocycles. The van der Waals surface area contributed by atoms with Gasteiger partial charge in [0, 0.05) is 38.2 Å². The molecule has 0 saturated carbocycles. The zero-order chi connectivity index (χ0) is 21.2. The van der Waals surface area contributed by atoms with Crippen molar-refractivity contribution in [2.45, 2.75) is 46.3 Å². The van der Waals surface area contributed by atoms with Crippen molar-refractivity contribution in [1.29, 1.82) is 0 Å². The first-order valence-corrected chi connectivity index (χ1v) is 10.8. The number of hydrogen-bond donors (Lipinski definition) is 2. The Morgan fingerprint density at radius 2 is 1.81 bits per heavy atom. The third kappa shape index (κ3) is 7.72. The quantitative estimate of drug-likeness (QED) is 0.288. The Kier molecular flexibility index (Phi) is 10.6. The van der Waals surface area contributed by atoms with E-state index in [1.807, 2.05) is 30.0 Å². The van der Waals surface area contributed by atoms with E-state index in [2.05, 4.69) is 47.9 Å². The Morgan fingerprint density at radius 3 is 2.48 bits per heavy atom. The molecule has 1 heterocycles. The summed E-state index contributed by atoms with van der Waals surface area (Å²) in [5.74, 6) is 1.93. The number of likely N-dealkylation sites (tertiary alicyclic amines) is 1. The van der Waals surface area contributed by atoms with Crippen LogP contribution in [-0.4, -0.2) is 36.5 Å². The van der Waals surface area contributed by atoms with Gasteiger partial charge in [0.1, 0.15) is 5.75 Å². The molecule has 0 spiro atoms. The molecule has 3 rings (SSSR count). The molecule has 1 aliphatic rings. The first kappa shape index (κ1) is 25.0. The lowest BCUT2D eigenvalue weighted by Gasteiger charge is -2.15. The molecular weight excluding hydrogens is 503 g/mol. The Morgan fingerprint density at radius 1 is 1.06 bits per heavy atom. The highest BCUT2D eigenvalue weighted by Crippen LogP contribution is 2.18. The molecule has 1 saturated heterocycles. The number of guanidine groups is 1. The molecule has 2 aromatic rings. The average Bonchev–Trinajstić information content (AvgIpc) is 3.16. The van der Waals surface area contributed by atoms with Crippen molar-refractivity contribution in [2.75, 3.05) is 19.7 Å². The van der Waals surface area contributed by atoms with Crippen LogP contribution in [0.4, 0.5) is 0 Å². The second-order valence-corrected chi connectivity index (χ2v) is 7.32. The zero-order valence-corrected chi connectivity index (χ0v) is 20.7. The fourth-order valence-corrected chi connectivity index (χ4v) is 3.48. The third-order valence-electron chi connectivity index (χ3n) is 5.05. The minimum Gasteiger partial charge on any atom is -0.494 e. The summed E-state index contributed by atoms with van der Waals surface area (Å²) in [6.07, 6.45) is 1.66. The van der Waals surface area contributed by atoms with Crippen LogP contribution < -0.4 is 15.4 Å². The van der Waals surface area contributed by atoms with Gasteiger partial charge in [0.2, 0.25) is 5.91 Å². The number of carbonyl (C=O) groups is 1. The number of carbonyl (C=O) groups excluding carboxylic acids is 1. The lowest BCUT2D eigenvalue weighted by atomic mass is 10.1. The van der Waals surface area contributed by atoms with Gasteiger partial charge in [0.25, 0.3) is 0 Å². The normalized spacial score (nSPS) is 13.7. The lowest BCUT2D eigenvalue weighted by molar-refractivity contribution is -0.128. The lowest BCUT2D eigenvalue weighted by Crippen LogP contribution is -2.36. The topological polar surface area (TPSA) is 66.0 Å². The van der Waals surface area contributed by atoms with E-state index < -0.39 is 0 Å². The fraction of sp³-hybridized carbons (Fsp3) is 0.417. The molecule has 0 unspecified atom stereocenters. The molecule has 1 fully saturated rings. The predicted molar refractivity (Wildman–Crippen MR) is 136 cm³/mol. The Hall–Kier alpha value is -2.29. The van der Waals surface area contributed by atoms with Gasteiger partial charge in [-0.25, -0.2) is 4.99 Å².